The minimum absolute atomic E-state index is 0.231. The Labute approximate surface area is 164 Å². The van der Waals surface area contributed by atoms with E-state index in [-0.39, 0.29) is 11.4 Å². The number of para-hydroxylation sites is 1. The van der Waals surface area contributed by atoms with Crippen LogP contribution in [0, 0.1) is 0 Å². The Balaban J connectivity index is 1.98. The molecule has 1 heterocycles. The molecule has 0 atom stereocenters. The third kappa shape index (κ3) is 3.78. The predicted molar refractivity (Wildman–Crippen MR) is 107 cm³/mol. The first-order valence-electron chi connectivity index (χ1n) is 8.61. The lowest BCUT2D eigenvalue weighted by Gasteiger charge is -2.19. The second-order valence-corrected chi connectivity index (χ2v) is 6.78. The molecule has 154 valence electrons. The zero-order chi connectivity index (χ0) is 21.5. The van der Waals surface area contributed by atoms with Crippen LogP contribution in [0.15, 0.2) is 41.2 Å². The molecule has 0 spiro atoms. The van der Waals surface area contributed by atoms with Gasteiger partial charge in [-0.2, -0.15) is 13.2 Å². The van der Waals surface area contributed by atoms with Gasteiger partial charge in [-0.25, -0.2) is 9.59 Å². The summed E-state index contributed by atoms with van der Waals surface area (Å²) in [7, 11) is 6.75. The standard InChI is InChI=1S/C19H20F3N5O2/c1-25(2)14-10-16-15(26(3)18(29)27(16)4)9-13(14)24-17(28)23-12-8-6-5-7-11(12)19(20,21)22/h5-10H,1-4H3,(H2,23,24,28). The summed E-state index contributed by atoms with van der Waals surface area (Å²) in [4.78, 5) is 26.4. The molecule has 1 aromatic heterocycles. The zero-order valence-corrected chi connectivity index (χ0v) is 16.3. The maximum absolute atomic E-state index is 13.1. The van der Waals surface area contributed by atoms with Crippen LogP contribution in [-0.4, -0.2) is 29.3 Å². The summed E-state index contributed by atoms with van der Waals surface area (Å²) in [5.41, 5.74) is 0.665. The van der Waals surface area contributed by atoms with Crippen molar-refractivity contribution in [2.75, 3.05) is 29.6 Å². The Kier molecular flexibility index (Phi) is 5.04. The molecule has 0 saturated carbocycles. The molecule has 0 aliphatic carbocycles. The number of fused-ring (bicyclic) bond motifs is 1. The van der Waals surface area contributed by atoms with Crippen molar-refractivity contribution in [1.82, 2.24) is 9.13 Å². The third-order valence-corrected chi connectivity index (χ3v) is 4.60. The number of urea groups is 1. The van der Waals surface area contributed by atoms with Crippen LogP contribution >= 0.6 is 0 Å². The first-order chi connectivity index (χ1) is 13.5. The predicted octanol–water partition coefficient (Wildman–Crippen LogP) is 3.61. The average Bonchev–Trinajstić information content (AvgIpc) is 2.84. The molecule has 0 fully saturated rings. The first-order valence-corrected chi connectivity index (χ1v) is 8.61. The zero-order valence-electron chi connectivity index (χ0n) is 16.3. The number of aryl methyl sites for hydroxylation is 2. The van der Waals surface area contributed by atoms with Crippen LogP contribution in [-0.2, 0) is 20.3 Å². The molecule has 0 aliphatic heterocycles. The van der Waals surface area contributed by atoms with Gasteiger partial charge in [-0.05, 0) is 24.3 Å². The molecule has 3 rings (SSSR count). The number of imidazole rings is 1. The van der Waals surface area contributed by atoms with E-state index in [1.54, 1.807) is 45.2 Å². The van der Waals surface area contributed by atoms with Crippen molar-refractivity contribution in [3.63, 3.8) is 0 Å². The van der Waals surface area contributed by atoms with Crippen LogP contribution in [0.2, 0.25) is 0 Å². The van der Waals surface area contributed by atoms with Crippen LogP contribution < -0.4 is 21.2 Å². The highest BCUT2D eigenvalue weighted by molar-refractivity contribution is 6.04. The summed E-state index contributed by atoms with van der Waals surface area (Å²) in [6, 6.07) is 7.25. The Morgan fingerprint density at radius 1 is 0.966 bits per heavy atom. The van der Waals surface area contributed by atoms with Crippen LogP contribution in [0.3, 0.4) is 0 Å². The number of nitrogens with zero attached hydrogens (tertiary/aromatic N) is 3. The summed E-state index contributed by atoms with van der Waals surface area (Å²) in [5.74, 6) is 0. The lowest BCUT2D eigenvalue weighted by Crippen LogP contribution is -2.23. The number of hydrogen-bond donors (Lipinski definition) is 2. The highest BCUT2D eigenvalue weighted by atomic mass is 19.4. The highest BCUT2D eigenvalue weighted by Gasteiger charge is 2.33. The molecular formula is C19H20F3N5O2. The van der Waals surface area contributed by atoms with Gasteiger partial charge in [-0.15, -0.1) is 0 Å². The van der Waals surface area contributed by atoms with Crippen LogP contribution in [0.4, 0.5) is 35.0 Å². The molecule has 2 N–H and O–H groups in total. The Morgan fingerprint density at radius 2 is 1.52 bits per heavy atom. The minimum Gasteiger partial charge on any atom is -0.376 e. The van der Waals surface area contributed by atoms with E-state index in [1.807, 2.05) is 0 Å². The van der Waals surface area contributed by atoms with Crippen molar-refractivity contribution in [2.24, 2.45) is 14.1 Å². The van der Waals surface area contributed by atoms with Gasteiger partial charge in [0.1, 0.15) is 0 Å². The number of carbonyl (C=O) groups excluding carboxylic acids is 1. The number of carbonyl (C=O) groups is 1. The van der Waals surface area contributed by atoms with E-state index in [2.05, 4.69) is 10.6 Å². The minimum atomic E-state index is -4.60. The van der Waals surface area contributed by atoms with E-state index >= 15 is 0 Å². The normalized spacial score (nSPS) is 11.6. The SMILES string of the molecule is CN(C)c1cc2c(cc1NC(=O)Nc1ccccc1C(F)(F)F)n(C)c(=O)n2C. The Morgan fingerprint density at radius 3 is 2.10 bits per heavy atom. The fraction of sp³-hybridized carbons (Fsp3) is 0.263. The molecule has 2 aromatic carbocycles. The molecule has 7 nitrogen and oxygen atoms in total. The smallest absolute Gasteiger partial charge is 0.376 e. The fourth-order valence-corrected chi connectivity index (χ4v) is 3.12. The van der Waals surface area contributed by atoms with Crippen molar-refractivity contribution in [3.8, 4) is 0 Å². The summed E-state index contributed by atoms with van der Waals surface area (Å²) >= 11 is 0. The molecule has 3 aromatic rings. The van der Waals surface area contributed by atoms with Gasteiger partial charge >= 0.3 is 17.9 Å². The van der Waals surface area contributed by atoms with Crippen LogP contribution in [0.1, 0.15) is 5.56 Å². The van der Waals surface area contributed by atoms with Crippen molar-refractivity contribution in [2.45, 2.75) is 6.18 Å². The maximum atomic E-state index is 13.1. The number of halogens is 3. The third-order valence-electron chi connectivity index (χ3n) is 4.60. The number of alkyl halides is 3. The molecule has 0 radical (unpaired) electrons. The van der Waals surface area contributed by atoms with Gasteiger partial charge < -0.3 is 15.5 Å². The van der Waals surface area contributed by atoms with Gasteiger partial charge in [0.2, 0.25) is 0 Å². The number of nitrogens with one attached hydrogen (secondary N) is 2. The van der Waals surface area contributed by atoms with Crippen molar-refractivity contribution >= 4 is 34.1 Å². The van der Waals surface area contributed by atoms with Crippen molar-refractivity contribution in [3.05, 3.63) is 52.4 Å². The molecule has 0 unspecified atom stereocenters. The topological polar surface area (TPSA) is 71.3 Å². The molecule has 10 heteroatoms. The molecule has 2 amide bonds. The second-order valence-electron chi connectivity index (χ2n) is 6.78. The van der Waals surface area contributed by atoms with E-state index in [0.717, 1.165) is 6.07 Å². The van der Waals surface area contributed by atoms with E-state index in [4.69, 9.17) is 0 Å². The lowest BCUT2D eigenvalue weighted by molar-refractivity contribution is -0.136. The molecular weight excluding hydrogens is 387 g/mol. The van der Waals surface area contributed by atoms with E-state index in [1.165, 1.54) is 27.3 Å². The van der Waals surface area contributed by atoms with Gasteiger partial charge in [0.15, 0.2) is 0 Å². The number of rotatable bonds is 3. The maximum Gasteiger partial charge on any atom is 0.418 e. The largest absolute Gasteiger partial charge is 0.418 e. The van der Waals surface area contributed by atoms with E-state index in [9.17, 15) is 22.8 Å². The molecule has 0 aliphatic rings. The summed E-state index contributed by atoms with van der Waals surface area (Å²) in [5, 5.41) is 4.83. The quantitative estimate of drug-likeness (QED) is 0.697. The van der Waals surface area contributed by atoms with Gasteiger partial charge in [-0.1, -0.05) is 12.1 Å². The van der Waals surface area contributed by atoms with Crippen molar-refractivity contribution < 1.29 is 18.0 Å². The number of hydrogen-bond acceptors (Lipinski definition) is 3. The number of anilines is 3. The van der Waals surface area contributed by atoms with Gasteiger partial charge in [0.25, 0.3) is 0 Å². The first kappa shape index (κ1) is 20.3. The fourth-order valence-electron chi connectivity index (χ4n) is 3.12. The second kappa shape index (κ2) is 7.19. The number of benzene rings is 2. The Hall–Kier alpha value is -3.43. The monoisotopic (exact) mass is 407 g/mol. The Bertz CT molecular complexity index is 1150. The van der Waals surface area contributed by atoms with E-state index < -0.39 is 17.8 Å². The van der Waals surface area contributed by atoms with Gasteiger partial charge in [0.05, 0.1) is 33.7 Å². The molecule has 0 saturated heterocycles. The summed E-state index contributed by atoms with van der Waals surface area (Å²) < 4.78 is 42.3. The molecule has 29 heavy (non-hydrogen) atoms. The highest BCUT2D eigenvalue weighted by Crippen LogP contribution is 2.35. The lowest BCUT2D eigenvalue weighted by atomic mass is 10.1. The molecule has 0 bridgehead atoms. The van der Waals surface area contributed by atoms with Gasteiger partial charge in [-0.3, -0.25) is 9.13 Å². The van der Waals surface area contributed by atoms with Crippen LogP contribution in [0.25, 0.3) is 11.0 Å². The number of aromatic nitrogens is 2. The summed E-state index contributed by atoms with van der Waals surface area (Å²) in [6.07, 6.45) is -4.60. The van der Waals surface area contributed by atoms with Gasteiger partial charge in [0, 0.05) is 28.2 Å². The number of amides is 2. The van der Waals surface area contributed by atoms with Crippen LogP contribution in [0.5, 0.6) is 0 Å². The summed E-state index contributed by atoms with van der Waals surface area (Å²) in [6.45, 7) is 0. The van der Waals surface area contributed by atoms with E-state index in [0.29, 0.717) is 22.4 Å². The van der Waals surface area contributed by atoms with Crippen molar-refractivity contribution in [1.29, 1.82) is 0 Å². The average molecular weight is 407 g/mol.